The van der Waals surface area contributed by atoms with Crippen LogP contribution in [0.1, 0.15) is 78.7 Å². The molecule has 234 valence electrons. The summed E-state index contributed by atoms with van der Waals surface area (Å²) in [6.45, 7) is 13.1. The van der Waals surface area contributed by atoms with Gasteiger partial charge < -0.3 is 19.7 Å². The van der Waals surface area contributed by atoms with E-state index in [-0.39, 0.29) is 45.7 Å². The number of anilines is 1. The molecule has 9 heteroatoms. The number of benzene rings is 2. The van der Waals surface area contributed by atoms with Crippen LogP contribution < -0.4 is 14.8 Å². The maximum Gasteiger partial charge on any atom is 0.262 e. The van der Waals surface area contributed by atoms with Gasteiger partial charge in [0.05, 0.1) is 11.6 Å². The summed E-state index contributed by atoms with van der Waals surface area (Å²) in [7, 11) is 0. The third kappa shape index (κ3) is 6.40. The molecule has 1 heterocycles. The lowest BCUT2D eigenvalue weighted by Crippen LogP contribution is -2.44. The zero-order chi connectivity index (χ0) is 32.0. The average molecular weight is 640 g/mol. The highest BCUT2D eigenvalue weighted by Crippen LogP contribution is 2.55. The van der Waals surface area contributed by atoms with Crippen molar-refractivity contribution in [3.05, 3.63) is 74.5 Å². The highest BCUT2D eigenvalue weighted by Gasteiger charge is 2.48. The van der Waals surface area contributed by atoms with Crippen molar-refractivity contribution in [2.45, 2.75) is 73.1 Å². The number of allylic oxidation sites excluding steroid dienone is 4. The molecule has 0 fully saturated rings. The van der Waals surface area contributed by atoms with Crippen molar-refractivity contribution in [1.29, 1.82) is 0 Å². The number of amides is 1. The SMILES string of the molecule is CCOc1cc(C2C3=C(CC(C)(C)CC3=O)N(CC)C3=C2C(=O)CC(C)(C)C3)cc(Cl)c1OCC(=O)Nc1ccc(Cl)cc1. The van der Waals surface area contributed by atoms with Crippen LogP contribution in [-0.2, 0) is 14.4 Å². The average Bonchev–Trinajstić information content (AvgIpc) is 2.91. The van der Waals surface area contributed by atoms with Crippen LogP contribution >= 0.6 is 23.2 Å². The van der Waals surface area contributed by atoms with Gasteiger partial charge in [-0.1, -0.05) is 50.9 Å². The van der Waals surface area contributed by atoms with Gasteiger partial charge in [-0.3, -0.25) is 14.4 Å². The van der Waals surface area contributed by atoms with E-state index in [0.29, 0.717) is 59.2 Å². The number of ketones is 2. The molecule has 0 unspecified atom stereocenters. The number of halogens is 2. The molecule has 1 aliphatic heterocycles. The van der Waals surface area contributed by atoms with E-state index in [4.69, 9.17) is 32.7 Å². The fourth-order valence-corrected chi connectivity index (χ4v) is 7.19. The topological polar surface area (TPSA) is 84.9 Å². The molecule has 2 aromatic carbocycles. The minimum atomic E-state index is -0.561. The molecule has 0 bridgehead atoms. The van der Waals surface area contributed by atoms with Crippen LogP contribution in [0.5, 0.6) is 11.5 Å². The van der Waals surface area contributed by atoms with E-state index in [9.17, 15) is 14.4 Å². The van der Waals surface area contributed by atoms with Crippen molar-refractivity contribution >= 4 is 46.4 Å². The van der Waals surface area contributed by atoms with Crippen LogP contribution in [0.25, 0.3) is 0 Å². The first-order valence-corrected chi connectivity index (χ1v) is 15.9. The molecule has 0 radical (unpaired) electrons. The summed E-state index contributed by atoms with van der Waals surface area (Å²) in [5, 5.41) is 3.57. The van der Waals surface area contributed by atoms with Crippen molar-refractivity contribution in [1.82, 2.24) is 4.90 Å². The van der Waals surface area contributed by atoms with Gasteiger partial charge >= 0.3 is 0 Å². The standard InChI is InChI=1S/C35H40Cl2N2O5/c1-7-39-24-15-34(3,4)17-26(40)31(24)30(32-25(39)16-35(5,6)18-27(32)41)20-13-23(37)33(28(14-20)43-8-2)44-19-29(42)38-22-11-9-21(36)10-12-22/h9-14,30H,7-8,15-19H2,1-6H3,(H,38,42). The van der Waals surface area contributed by atoms with Crippen molar-refractivity contribution in [2.75, 3.05) is 25.1 Å². The molecule has 3 aliphatic rings. The van der Waals surface area contributed by atoms with E-state index in [0.717, 1.165) is 24.2 Å². The van der Waals surface area contributed by atoms with Gasteiger partial charge in [-0.25, -0.2) is 0 Å². The Morgan fingerprint density at radius 1 is 0.886 bits per heavy atom. The minimum absolute atomic E-state index is 0.0529. The highest BCUT2D eigenvalue weighted by atomic mass is 35.5. The van der Waals surface area contributed by atoms with Gasteiger partial charge in [0.2, 0.25) is 0 Å². The van der Waals surface area contributed by atoms with Gasteiger partial charge in [-0.05, 0) is 79.5 Å². The number of carbonyl (C=O) groups is 3. The van der Waals surface area contributed by atoms with E-state index in [2.05, 4.69) is 44.8 Å². The van der Waals surface area contributed by atoms with E-state index in [1.807, 2.05) is 13.0 Å². The molecule has 7 nitrogen and oxygen atoms in total. The Morgan fingerprint density at radius 2 is 1.45 bits per heavy atom. The first-order valence-electron chi connectivity index (χ1n) is 15.2. The van der Waals surface area contributed by atoms with Gasteiger partial charge in [-0.2, -0.15) is 0 Å². The summed E-state index contributed by atoms with van der Waals surface area (Å²) >= 11 is 12.8. The number of ether oxygens (including phenoxy) is 2. The quantitative estimate of drug-likeness (QED) is 0.314. The Balaban J connectivity index is 1.56. The van der Waals surface area contributed by atoms with Crippen LogP contribution in [0.4, 0.5) is 5.69 Å². The van der Waals surface area contributed by atoms with Gasteiger partial charge in [0.1, 0.15) is 0 Å². The second-order valence-electron chi connectivity index (χ2n) is 13.4. The normalized spacial score (nSPS) is 19.5. The highest BCUT2D eigenvalue weighted by molar-refractivity contribution is 6.32. The minimum Gasteiger partial charge on any atom is -0.490 e. The lowest BCUT2D eigenvalue weighted by atomic mass is 9.63. The molecular weight excluding hydrogens is 599 g/mol. The number of hydrogen-bond acceptors (Lipinski definition) is 6. The lowest BCUT2D eigenvalue weighted by Gasteiger charge is -2.49. The van der Waals surface area contributed by atoms with E-state index >= 15 is 0 Å². The predicted octanol–water partition coefficient (Wildman–Crippen LogP) is 8.12. The Morgan fingerprint density at radius 3 is 1.98 bits per heavy atom. The molecule has 0 aromatic heterocycles. The summed E-state index contributed by atoms with van der Waals surface area (Å²) in [5.74, 6) is -0.255. The number of hydrogen-bond donors (Lipinski definition) is 1. The molecule has 0 atom stereocenters. The van der Waals surface area contributed by atoms with Crippen LogP contribution in [0, 0.1) is 10.8 Å². The number of nitrogens with one attached hydrogen (secondary N) is 1. The van der Waals surface area contributed by atoms with Gasteiger partial charge in [0.15, 0.2) is 29.7 Å². The molecule has 0 saturated carbocycles. The van der Waals surface area contributed by atoms with Gasteiger partial charge in [0.25, 0.3) is 5.91 Å². The molecule has 1 amide bonds. The Labute approximate surface area is 269 Å². The Hall–Kier alpha value is -3.29. The fourth-order valence-electron chi connectivity index (χ4n) is 6.79. The summed E-state index contributed by atoms with van der Waals surface area (Å²) < 4.78 is 11.9. The number of Topliss-reactive ketones (excluding diaryl/α,β-unsaturated/α-hetero) is 2. The molecule has 5 rings (SSSR count). The maximum atomic E-state index is 13.9. The summed E-state index contributed by atoms with van der Waals surface area (Å²) in [6, 6.07) is 10.3. The molecule has 1 N–H and O–H groups in total. The monoisotopic (exact) mass is 638 g/mol. The van der Waals surface area contributed by atoms with Crippen molar-refractivity contribution in [3.63, 3.8) is 0 Å². The molecular formula is C35H40Cl2N2O5. The largest absolute Gasteiger partial charge is 0.490 e. The zero-order valence-electron chi connectivity index (χ0n) is 26.2. The molecule has 44 heavy (non-hydrogen) atoms. The van der Waals surface area contributed by atoms with Crippen molar-refractivity contribution < 1.29 is 23.9 Å². The zero-order valence-corrected chi connectivity index (χ0v) is 27.7. The second kappa shape index (κ2) is 12.2. The summed E-state index contributed by atoms with van der Waals surface area (Å²) in [6.07, 6.45) is 2.27. The molecule has 0 spiro atoms. The smallest absolute Gasteiger partial charge is 0.262 e. The first-order chi connectivity index (χ1) is 20.7. The maximum absolute atomic E-state index is 13.9. The summed E-state index contributed by atoms with van der Waals surface area (Å²) in [4.78, 5) is 42.8. The fraction of sp³-hybridized carbons (Fsp3) is 0.457. The van der Waals surface area contributed by atoms with Crippen LogP contribution in [0.2, 0.25) is 10.0 Å². The van der Waals surface area contributed by atoms with Crippen LogP contribution in [0.3, 0.4) is 0 Å². The molecule has 0 saturated heterocycles. The predicted molar refractivity (Wildman–Crippen MR) is 173 cm³/mol. The Bertz CT molecular complexity index is 1520. The molecule has 2 aliphatic carbocycles. The number of rotatable bonds is 8. The van der Waals surface area contributed by atoms with Crippen molar-refractivity contribution in [3.8, 4) is 11.5 Å². The molecule has 2 aromatic rings. The van der Waals surface area contributed by atoms with Crippen LogP contribution in [-0.4, -0.2) is 42.1 Å². The summed E-state index contributed by atoms with van der Waals surface area (Å²) in [5.41, 5.74) is 4.24. The third-order valence-corrected chi connectivity index (χ3v) is 9.01. The third-order valence-electron chi connectivity index (χ3n) is 8.48. The lowest BCUT2D eigenvalue weighted by molar-refractivity contribution is -0.120. The number of carbonyl (C=O) groups excluding carboxylic acids is 3. The Kier molecular flexibility index (Phi) is 8.94. The van der Waals surface area contributed by atoms with Crippen LogP contribution in [0.15, 0.2) is 58.9 Å². The first kappa shape index (κ1) is 32.1. The van der Waals surface area contributed by atoms with Crippen molar-refractivity contribution in [2.24, 2.45) is 10.8 Å². The van der Waals surface area contributed by atoms with E-state index in [1.165, 1.54) is 0 Å². The van der Waals surface area contributed by atoms with Gasteiger partial charge in [0, 0.05) is 58.6 Å². The number of nitrogens with zero attached hydrogens (tertiary/aromatic N) is 1. The van der Waals surface area contributed by atoms with Gasteiger partial charge in [-0.15, -0.1) is 0 Å². The second-order valence-corrected chi connectivity index (χ2v) is 14.2. The van der Waals surface area contributed by atoms with E-state index < -0.39 is 5.92 Å². The van der Waals surface area contributed by atoms with E-state index in [1.54, 1.807) is 30.3 Å².